The summed E-state index contributed by atoms with van der Waals surface area (Å²) in [6, 6.07) is 12.4. The fourth-order valence-electron chi connectivity index (χ4n) is 2.87. The number of nitrogens with zero attached hydrogens (tertiary/aromatic N) is 2. The standard InChI is InChI=1S/C20H21FN2O3/c1-22(14-19(24)23-12-2-3-13-23)20(25)15-4-8-17(9-5-15)26-18-10-6-16(21)7-11-18/h4-11H,2-3,12-14H2,1H3. The number of hydrogen-bond donors (Lipinski definition) is 0. The molecule has 0 atom stereocenters. The number of rotatable bonds is 5. The van der Waals surface area contributed by atoms with Crippen molar-refractivity contribution in [1.82, 2.24) is 9.80 Å². The normalized spacial score (nSPS) is 13.5. The lowest BCUT2D eigenvalue weighted by Crippen LogP contribution is -2.39. The zero-order valence-corrected chi connectivity index (χ0v) is 14.7. The van der Waals surface area contributed by atoms with Gasteiger partial charge in [-0.15, -0.1) is 0 Å². The van der Waals surface area contributed by atoms with E-state index in [9.17, 15) is 14.0 Å². The second-order valence-corrected chi connectivity index (χ2v) is 6.33. The number of benzene rings is 2. The van der Waals surface area contributed by atoms with Gasteiger partial charge >= 0.3 is 0 Å². The second kappa shape index (κ2) is 7.99. The molecule has 2 aromatic rings. The van der Waals surface area contributed by atoms with Gasteiger partial charge in [-0.2, -0.15) is 0 Å². The molecule has 1 aliphatic heterocycles. The van der Waals surface area contributed by atoms with E-state index in [1.165, 1.54) is 29.2 Å². The molecule has 2 amide bonds. The van der Waals surface area contributed by atoms with Crippen LogP contribution in [0.15, 0.2) is 48.5 Å². The Labute approximate surface area is 152 Å². The average molecular weight is 356 g/mol. The van der Waals surface area contributed by atoms with Crippen molar-refractivity contribution in [2.45, 2.75) is 12.8 Å². The topological polar surface area (TPSA) is 49.9 Å². The molecule has 136 valence electrons. The van der Waals surface area contributed by atoms with E-state index in [2.05, 4.69) is 0 Å². The molecule has 0 aromatic heterocycles. The predicted molar refractivity (Wildman–Crippen MR) is 95.7 cm³/mol. The van der Waals surface area contributed by atoms with Gasteiger partial charge in [-0.3, -0.25) is 9.59 Å². The highest BCUT2D eigenvalue weighted by Gasteiger charge is 2.21. The summed E-state index contributed by atoms with van der Waals surface area (Å²) in [6.45, 7) is 1.62. The van der Waals surface area contributed by atoms with Crippen LogP contribution < -0.4 is 4.74 Å². The van der Waals surface area contributed by atoms with E-state index in [0.29, 0.717) is 17.1 Å². The first-order valence-corrected chi connectivity index (χ1v) is 8.59. The van der Waals surface area contributed by atoms with E-state index < -0.39 is 0 Å². The molecule has 6 heteroatoms. The maximum absolute atomic E-state index is 12.9. The summed E-state index contributed by atoms with van der Waals surface area (Å²) < 4.78 is 18.5. The van der Waals surface area contributed by atoms with Crippen molar-refractivity contribution in [3.63, 3.8) is 0 Å². The Morgan fingerprint density at radius 3 is 2.12 bits per heavy atom. The van der Waals surface area contributed by atoms with Gasteiger partial charge in [0.05, 0.1) is 6.54 Å². The lowest BCUT2D eigenvalue weighted by atomic mass is 10.2. The first-order valence-electron chi connectivity index (χ1n) is 8.59. The van der Waals surface area contributed by atoms with E-state index in [1.807, 2.05) is 0 Å². The number of carbonyl (C=O) groups excluding carboxylic acids is 2. The molecule has 0 radical (unpaired) electrons. The number of halogens is 1. The maximum atomic E-state index is 12.9. The Morgan fingerprint density at radius 1 is 1.00 bits per heavy atom. The van der Waals surface area contributed by atoms with E-state index in [4.69, 9.17) is 4.74 Å². The van der Waals surface area contributed by atoms with E-state index in [-0.39, 0.29) is 24.2 Å². The van der Waals surface area contributed by atoms with Gasteiger partial charge in [-0.05, 0) is 61.4 Å². The zero-order chi connectivity index (χ0) is 18.5. The molecule has 3 rings (SSSR count). The Kier molecular flexibility index (Phi) is 5.51. The van der Waals surface area contributed by atoms with Crippen molar-refractivity contribution in [3.05, 3.63) is 59.9 Å². The molecule has 1 saturated heterocycles. The van der Waals surface area contributed by atoms with E-state index in [1.54, 1.807) is 36.2 Å². The highest BCUT2D eigenvalue weighted by atomic mass is 19.1. The average Bonchev–Trinajstić information content (AvgIpc) is 3.18. The Morgan fingerprint density at radius 2 is 1.54 bits per heavy atom. The SMILES string of the molecule is CN(CC(=O)N1CCCC1)C(=O)c1ccc(Oc2ccc(F)cc2)cc1. The van der Waals surface area contributed by atoms with Gasteiger partial charge < -0.3 is 14.5 Å². The molecule has 5 nitrogen and oxygen atoms in total. The van der Waals surface area contributed by atoms with Crippen LogP contribution in [0.3, 0.4) is 0 Å². The summed E-state index contributed by atoms with van der Waals surface area (Å²) in [5, 5.41) is 0. The van der Waals surface area contributed by atoms with Crippen LogP contribution in [0, 0.1) is 5.82 Å². The molecule has 0 aliphatic carbocycles. The molecule has 1 aliphatic rings. The van der Waals surface area contributed by atoms with Crippen molar-refractivity contribution in [2.75, 3.05) is 26.7 Å². The number of amides is 2. The van der Waals surface area contributed by atoms with Crippen molar-refractivity contribution >= 4 is 11.8 Å². The van der Waals surface area contributed by atoms with Crippen molar-refractivity contribution < 1.29 is 18.7 Å². The molecular formula is C20H21FN2O3. The van der Waals surface area contributed by atoms with Gasteiger partial charge in [-0.25, -0.2) is 4.39 Å². The van der Waals surface area contributed by atoms with Crippen LogP contribution in [-0.4, -0.2) is 48.3 Å². The third-order valence-electron chi connectivity index (χ3n) is 4.33. The third-order valence-corrected chi connectivity index (χ3v) is 4.33. The molecular weight excluding hydrogens is 335 g/mol. The summed E-state index contributed by atoms with van der Waals surface area (Å²) in [6.07, 6.45) is 2.05. The van der Waals surface area contributed by atoms with Gasteiger partial charge in [0.15, 0.2) is 0 Å². The quantitative estimate of drug-likeness (QED) is 0.826. The lowest BCUT2D eigenvalue weighted by Gasteiger charge is -2.21. The fourth-order valence-corrected chi connectivity index (χ4v) is 2.87. The van der Waals surface area contributed by atoms with Crippen molar-refractivity contribution in [3.8, 4) is 11.5 Å². The largest absolute Gasteiger partial charge is 0.457 e. The Hall–Kier alpha value is -2.89. The Bertz CT molecular complexity index is 769. The van der Waals surface area contributed by atoms with Crippen LogP contribution in [0.4, 0.5) is 4.39 Å². The summed E-state index contributed by atoms with van der Waals surface area (Å²) >= 11 is 0. The molecule has 1 heterocycles. The van der Waals surface area contributed by atoms with Crippen LogP contribution in [0.25, 0.3) is 0 Å². The predicted octanol–water partition coefficient (Wildman–Crippen LogP) is 3.31. The van der Waals surface area contributed by atoms with Gasteiger partial charge in [0.1, 0.15) is 17.3 Å². The van der Waals surface area contributed by atoms with Crippen LogP contribution in [-0.2, 0) is 4.79 Å². The molecule has 0 unspecified atom stereocenters. The second-order valence-electron chi connectivity index (χ2n) is 6.33. The zero-order valence-electron chi connectivity index (χ0n) is 14.7. The number of likely N-dealkylation sites (tertiary alicyclic amines) is 1. The van der Waals surface area contributed by atoms with Crippen LogP contribution in [0.1, 0.15) is 23.2 Å². The van der Waals surface area contributed by atoms with Gasteiger partial charge in [-0.1, -0.05) is 0 Å². The van der Waals surface area contributed by atoms with Crippen LogP contribution in [0.5, 0.6) is 11.5 Å². The lowest BCUT2D eigenvalue weighted by molar-refractivity contribution is -0.130. The number of ether oxygens (including phenoxy) is 1. The minimum absolute atomic E-state index is 0.0189. The number of hydrogen-bond acceptors (Lipinski definition) is 3. The fraction of sp³-hybridized carbons (Fsp3) is 0.300. The minimum atomic E-state index is -0.329. The van der Waals surface area contributed by atoms with Gasteiger partial charge in [0.25, 0.3) is 5.91 Å². The van der Waals surface area contributed by atoms with Crippen molar-refractivity contribution in [1.29, 1.82) is 0 Å². The van der Waals surface area contributed by atoms with E-state index in [0.717, 1.165) is 25.9 Å². The third kappa shape index (κ3) is 4.39. The molecule has 0 saturated carbocycles. The highest BCUT2D eigenvalue weighted by molar-refractivity contribution is 5.96. The van der Waals surface area contributed by atoms with Crippen molar-refractivity contribution in [2.24, 2.45) is 0 Å². The summed E-state index contributed by atoms with van der Waals surface area (Å²) in [7, 11) is 1.62. The highest BCUT2D eigenvalue weighted by Crippen LogP contribution is 2.22. The summed E-state index contributed by atoms with van der Waals surface area (Å²) in [4.78, 5) is 27.9. The van der Waals surface area contributed by atoms with Gasteiger partial charge in [0.2, 0.25) is 5.91 Å². The minimum Gasteiger partial charge on any atom is -0.457 e. The number of carbonyl (C=O) groups is 2. The Balaban J connectivity index is 1.59. The van der Waals surface area contributed by atoms with Crippen LogP contribution >= 0.6 is 0 Å². The monoisotopic (exact) mass is 356 g/mol. The molecule has 0 N–H and O–H groups in total. The summed E-state index contributed by atoms with van der Waals surface area (Å²) in [5.74, 6) is 0.494. The molecule has 0 spiro atoms. The molecule has 1 fully saturated rings. The molecule has 26 heavy (non-hydrogen) atoms. The summed E-state index contributed by atoms with van der Waals surface area (Å²) in [5.41, 5.74) is 0.480. The smallest absolute Gasteiger partial charge is 0.254 e. The van der Waals surface area contributed by atoms with Gasteiger partial charge in [0, 0.05) is 25.7 Å². The molecule has 0 bridgehead atoms. The first-order chi connectivity index (χ1) is 12.5. The molecule has 2 aromatic carbocycles. The van der Waals surface area contributed by atoms with Crippen LogP contribution in [0.2, 0.25) is 0 Å². The number of likely N-dealkylation sites (N-methyl/N-ethyl adjacent to an activating group) is 1. The van der Waals surface area contributed by atoms with E-state index >= 15 is 0 Å². The first kappa shape index (κ1) is 17.9. The maximum Gasteiger partial charge on any atom is 0.254 e.